The van der Waals surface area contributed by atoms with E-state index in [-0.39, 0.29) is 12.5 Å². The number of hydrogen-bond donors (Lipinski definition) is 1. The minimum absolute atomic E-state index is 0.268. The van der Waals surface area contributed by atoms with E-state index >= 15 is 0 Å². The monoisotopic (exact) mass is 456 g/mol. The van der Waals surface area contributed by atoms with Gasteiger partial charge in [-0.05, 0) is 59.3 Å². The van der Waals surface area contributed by atoms with Gasteiger partial charge in [0.2, 0.25) is 0 Å². The first-order valence-electron chi connectivity index (χ1n) is 10.5. The molecule has 1 heterocycles. The number of esters is 1. The lowest BCUT2D eigenvalue weighted by molar-refractivity contribution is -0.137. The molecule has 1 N–H and O–H groups in total. The Balaban J connectivity index is 1.88. The Labute approximate surface area is 196 Å². The van der Waals surface area contributed by atoms with Crippen molar-refractivity contribution in [1.29, 1.82) is 0 Å². The van der Waals surface area contributed by atoms with E-state index in [9.17, 15) is 9.59 Å². The minimum Gasteiger partial charge on any atom is -0.463 e. The highest BCUT2D eigenvalue weighted by Crippen LogP contribution is 2.35. The van der Waals surface area contributed by atoms with E-state index in [2.05, 4.69) is 10.3 Å². The summed E-state index contributed by atoms with van der Waals surface area (Å²) in [6.45, 7) is 2.03. The van der Waals surface area contributed by atoms with E-state index in [4.69, 9.17) is 16.3 Å². The summed E-state index contributed by atoms with van der Waals surface area (Å²) in [5, 5.41) is 5.28. The van der Waals surface area contributed by atoms with Crippen molar-refractivity contribution in [3.05, 3.63) is 113 Å². The van der Waals surface area contributed by atoms with Gasteiger partial charge in [-0.3, -0.25) is 9.78 Å². The summed E-state index contributed by atoms with van der Waals surface area (Å²) in [7, 11) is 0. The molecule has 0 saturated heterocycles. The number of benzene rings is 3. The number of amides is 1. The van der Waals surface area contributed by atoms with Crippen molar-refractivity contribution < 1.29 is 14.3 Å². The molecule has 0 unspecified atom stereocenters. The first-order chi connectivity index (χ1) is 16.1. The third kappa shape index (κ3) is 5.10. The summed E-state index contributed by atoms with van der Waals surface area (Å²) in [6, 6.07) is 23.9. The Hall–Kier alpha value is -3.96. The Morgan fingerprint density at radius 3 is 2.42 bits per heavy atom. The summed E-state index contributed by atoms with van der Waals surface area (Å²) in [6.07, 6.45) is 3.04. The van der Waals surface area contributed by atoms with Crippen molar-refractivity contribution in [1.82, 2.24) is 4.98 Å². The van der Waals surface area contributed by atoms with Crippen molar-refractivity contribution in [2.75, 3.05) is 11.9 Å². The number of anilines is 1. The van der Waals surface area contributed by atoms with Crippen LogP contribution in [0.1, 0.15) is 28.5 Å². The number of nitrogens with zero attached hydrogens (tertiary/aromatic N) is 1. The van der Waals surface area contributed by atoms with Gasteiger partial charge in [0.15, 0.2) is 0 Å². The molecule has 0 aliphatic carbocycles. The molecule has 0 saturated carbocycles. The second-order valence-electron chi connectivity index (χ2n) is 7.20. The third-order valence-electron chi connectivity index (χ3n) is 5.04. The highest BCUT2D eigenvalue weighted by Gasteiger charge is 2.16. The lowest BCUT2D eigenvalue weighted by Gasteiger charge is -2.16. The fourth-order valence-corrected chi connectivity index (χ4v) is 3.73. The summed E-state index contributed by atoms with van der Waals surface area (Å²) >= 11 is 6.09. The molecule has 4 aromatic rings. The molecule has 1 amide bonds. The van der Waals surface area contributed by atoms with Crippen molar-refractivity contribution in [2.24, 2.45) is 0 Å². The Bertz CT molecular complexity index is 1330. The van der Waals surface area contributed by atoms with Crippen molar-refractivity contribution in [3.63, 3.8) is 0 Å². The van der Waals surface area contributed by atoms with Crippen LogP contribution in [0, 0.1) is 0 Å². The van der Waals surface area contributed by atoms with Gasteiger partial charge in [0, 0.05) is 28.4 Å². The van der Waals surface area contributed by atoms with Crippen molar-refractivity contribution in [2.45, 2.75) is 6.92 Å². The lowest BCUT2D eigenvalue weighted by atomic mass is 9.92. The molecule has 3 aromatic carbocycles. The van der Waals surface area contributed by atoms with Gasteiger partial charge in [-0.15, -0.1) is 0 Å². The molecule has 0 spiro atoms. The summed E-state index contributed by atoms with van der Waals surface area (Å²) in [5.41, 5.74) is 3.16. The SMILES string of the molecule is CCOC(=O)/C=C(\c1ccc(Cl)cc1)c1cccc2cccc(NC(=O)c3ccccn3)c12. The van der Waals surface area contributed by atoms with E-state index in [0.717, 1.165) is 21.9 Å². The molecule has 164 valence electrons. The van der Waals surface area contributed by atoms with Crippen molar-refractivity contribution >= 4 is 45.5 Å². The largest absolute Gasteiger partial charge is 0.463 e. The number of halogens is 1. The van der Waals surface area contributed by atoms with Crippen LogP contribution in [0.3, 0.4) is 0 Å². The number of fused-ring (bicyclic) bond motifs is 1. The lowest BCUT2D eigenvalue weighted by Crippen LogP contribution is -2.14. The molecule has 33 heavy (non-hydrogen) atoms. The molecular formula is C27H21ClN2O3. The number of carbonyl (C=O) groups excluding carboxylic acids is 2. The van der Waals surface area contributed by atoms with Gasteiger partial charge < -0.3 is 10.1 Å². The quantitative estimate of drug-likeness (QED) is 0.279. The minimum atomic E-state index is -0.450. The second-order valence-corrected chi connectivity index (χ2v) is 7.63. The predicted molar refractivity (Wildman–Crippen MR) is 131 cm³/mol. The maximum absolute atomic E-state index is 12.8. The zero-order valence-electron chi connectivity index (χ0n) is 17.9. The average molecular weight is 457 g/mol. The Kier molecular flexibility index (Phi) is 6.81. The fourth-order valence-electron chi connectivity index (χ4n) is 3.60. The fraction of sp³-hybridized carbons (Fsp3) is 0.0741. The van der Waals surface area contributed by atoms with Crippen LogP contribution in [0.25, 0.3) is 16.3 Å². The standard InChI is InChI=1S/C27H21ClN2O3/c1-2-33-25(31)17-22(18-12-14-20(28)15-13-18)21-9-5-7-19-8-6-11-23(26(19)21)30-27(32)24-10-3-4-16-29-24/h3-17H,2H2,1H3,(H,30,32)/b22-17+. The van der Waals surface area contributed by atoms with Gasteiger partial charge >= 0.3 is 5.97 Å². The Morgan fingerprint density at radius 2 is 1.73 bits per heavy atom. The van der Waals surface area contributed by atoms with Gasteiger partial charge in [0.25, 0.3) is 5.91 Å². The van der Waals surface area contributed by atoms with Gasteiger partial charge in [-0.25, -0.2) is 4.79 Å². The zero-order valence-corrected chi connectivity index (χ0v) is 18.7. The molecule has 6 heteroatoms. The molecule has 5 nitrogen and oxygen atoms in total. The van der Waals surface area contributed by atoms with Crippen LogP contribution < -0.4 is 5.32 Å². The summed E-state index contributed by atoms with van der Waals surface area (Å²) in [4.78, 5) is 29.4. The summed E-state index contributed by atoms with van der Waals surface area (Å²) < 4.78 is 5.18. The van der Waals surface area contributed by atoms with Crippen LogP contribution in [0.5, 0.6) is 0 Å². The van der Waals surface area contributed by atoms with E-state index in [1.807, 2.05) is 48.5 Å². The van der Waals surface area contributed by atoms with E-state index in [1.54, 1.807) is 43.5 Å². The van der Waals surface area contributed by atoms with Crippen LogP contribution in [-0.2, 0) is 9.53 Å². The van der Waals surface area contributed by atoms with Crippen LogP contribution >= 0.6 is 11.6 Å². The number of carbonyl (C=O) groups is 2. The molecule has 0 radical (unpaired) electrons. The van der Waals surface area contributed by atoms with E-state index < -0.39 is 5.97 Å². The maximum atomic E-state index is 12.8. The second kappa shape index (κ2) is 10.1. The van der Waals surface area contributed by atoms with Crippen LogP contribution in [-0.4, -0.2) is 23.5 Å². The maximum Gasteiger partial charge on any atom is 0.331 e. The van der Waals surface area contributed by atoms with E-state index in [0.29, 0.717) is 22.0 Å². The highest BCUT2D eigenvalue weighted by atomic mass is 35.5. The molecule has 0 bridgehead atoms. The normalized spacial score (nSPS) is 11.3. The topological polar surface area (TPSA) is 68.3 Å². The molecule has 0 fully saturated rings. The number of aromatic nitrogens is 1. The highest BCUT2D eigenvalue weighted by molar-refractivity contribution is 6.30. The van der Waals surface area contributed by atoms with Gasteiger partial charge in [0.05, 0.1) is 6.61 Å². The first kappa shape index (κ1) is 22.2. The molecule has 0 aliphatic rings. The number of rotatable bonds is 6. The van der Waals surface area contributed by atoms with Gasteiger partial charge in [-0.2, -0.15) is 0 Å². The van der Waals surface area contributed by atoms with Gasteiger partial charge in [-0.1, -0.05) is 60.1 Å². The number of hydrogen-bond acceptors (Lipinski definition) is 4. The number of nitrogens with one attached hydrogen (secondary N) is 1. The number of pyridine rings is 1. The smallest absolute Gasteiger partial charge is 0.331 e. The molecule has 0 aliphatic heterocycles. The van der Waals surface area contributed by atoms with Gasteiger partial charge in [0.1, 0.15) is 5.69 Å². The van der Waals surface area contributed by atoms with E-state index in [1.165, 1.54) is 6.08 Å². The third-order valence-corrected chi connectivity index (χ3v) is 5.30. The Morgan fingerprint density at radius 1 is 0.970 bits per heavy atom. The van der Waals surface area contributed by atoms with Crippen molar-refractivity contribution in [3.8, 4) is 0 Å². The molecule has 1 aromatic heterocycles. The molecule has 0 atom stereocenters. The zero-order chi connectivity index (χ0) is 23.2. The predicted octanol–water partition coefficient (Wildman–Crippen LogP) is 6.14. The van der Waals surface area contributed by atoms with Crippen LogP contribution in [0.15, 0.2) is 91.1 Å². The summed E-state index contributed by atoms with van der Waals surface area (Å²) in [5.74, 6) is -0.769. The molecular weight excluding hydrogens is 436 g/mol. The number of ether oxygens (including phenoxy) is 1. The average Bonchev–Trinajstić information content (AvgIpc) is 2.84. The molecule has 4 rings (SSSR count). The first-order valence-corrected chi connectivity index (χ1v) is 10.8. The van der Waals surface area contributed by atoms with Crippen LogP contribution in [0.4, 0.5) is 5.69 Å². The van der Waals surface area contributed by atoms with Crippen LogP contribution in [0.2, 0.25) is 5.02 Å².